The van der Waals surface area contributed by atoms with Crippen molar-refractivity contribution in [1.82, 2.24) is 4.90 Å². The van der Waals surface area contributed by atoms with Crippen molar-refractivity contribution in [3.05, 3.63) is 65.4 Å². The summed E-state index contributed by atoms with van der Waals surface area (Å²) in [6.07, 6.45) is 3.25. The lowest BCUT2D eigenvalue weighted by atomic mass is 9.87. The van der Waals surface area contributed by atoms with Crippen LogP contribution in [0.1, 0.15) is 47.5 Å². The minimum absolute atomic E-state index is 0.153. The first kappa shape index (κ1) is 18.4. The van der Waals surface area contributed by atoms with Gasteiger partial charge in [-0.1, -0.05) is 36.4 Å². The molecule has 2 aromatic carbocycles. The van der Waals surface area contributed by atoms with Crippen LogP contribution < -0.4 is 5.32 Å². The number of para-hydroxylation sites is 1. The molecule has 144 valence electrons. The largest absolute Gasteiger partial charge is 0.451 e. The number of nitrogens with zero attached hydrogens (tertiary/aromatic N) is 1. The fraction of sp³-hybridized carbons (Fsp3) is 0.304. The number of aryl methyl sites for hydroxylation is 1. The lowest BCUT2D eigenvalue weighted by Gasteiger charge is -2.32. The van der Waals surface area contributed by atoms with Gasteiger partial charge in [0.05, 0.1) is 12.2 Å². The van der Waals surface area contributed by atoms with E-state index in [0.717, 1.165) is 24.6 Å². The summed E-state index contributed by atoms with van der Waals surface area (Å²) in [6.45, 7) is 1.69. The monoisotopic (exact) mass is 376 g/mol. The summed E-state index contributed by atoms with van der Waals surface area (Å²) in [7, 11) is 1.98. The van der Waals surface area contributed by atoms with Gasteiger partial charge in [0, 0.05) is 18.4 Å². The molecular weight excluding hydrogens is 352 g/mol. The van der Waals surface area contributed by atoms with Crippen LogP contribution in [0.3, 0.4) is 0 Å². The lowest BCUT2D eigenvalue weighted by molar-refractivity contribution is -0.117. The smallest absolute Gasteiger partial charge is 0.238 e. The normalized spacial score (nSPS) is 16.2. The van der Waals surface area contributed by atoms with Gasteiger partial charge in [0.15, 0.2) is 11.5 Å². The molecule has 1 aliphatic carbocycles. The number of furan rings is 1. The molecule has 0 radical (unpaired) electrons. The van der Waals surface area contributed by atoms with E-state index in [-0.39, 0.29) is 30.0 Å². The third-order valence-electron chi connectivity index (χ3n) is 5.44. The maximum absolute atomic E-state index is 12.8. The number of hydrogen-bond donors (Lipinski definition) is 1. The van der Waals surface area contributed by atoms with Crippen molar-refractivity contribution >= 4 is 28.3 Å². The molecule has 1 N–H and O–H groups in total. The summed E-state index contributed by atoms with van der Waals surface area (Å²) in [4.78, 5) is 26.8. The molecule has 0 spiro atoms. The van der Waals surface area contributed by atoms with Gasteiger partial charge in [-0.15, -0.1) is 0 Å². The molecule has 0 bridgehead atoms. The van der Waals surface area contributed by atoms with Crippen LogP contribution in [0.4, 0.5) is 5.69 Å². The highest BCUT2D eigenvalue weighted by Gasteiger charge is 2.26. The molecule has 0 unspecified atom stereocenters. The van der Waals surface area contributed by atoms with Gasteiger partial charge in [-0.3, -0.25) is 14.5 Å². The maximum Gasteiger partial charge on any atom is 0.238 e. The first-order valence-corrected chi connectivity index (χ1v) is 9.65. The predicted octanol–water partition coefficient (Wildman–Crippen LogP) is 4.58. The van der Waals surface area contributed by atoms with Gasteiger partial charge in [-0.05, 0) is 49.6 Å². The Labute approximate surface area is 164 Å². The Hall–Kier alpha value is -2.92. The lowest BCUT2D eigenvalue weighted by Crippen LogP contribution is -2.35. The molecule has 1 aromatic heterocycles. The highest BCUT2D eigenvalue weighted by molar-refractivity contribution is 6.11. The van der Waals surface area contributed by atoms with E-state index in [1.165, 1.54) is 18.1 Å². The van der Waals surface area contributed by atoms with Crippen molar-refractivity contribution in [2.75, 3.05) is 18.9 Å². The van der Waals surface area contributed by atoms with E-state index in [0.29, 0.717) is 11.3 Å². The number of Topliss-reactive ketones (excluding diaryl/α,β-unsaturated/α-hetero) is 1. The standard InChI is InChI=1S/C23H24N2O3/c1-15(26)23-22(18-11-5-6-13-20(18)28-23)24-21(27)14-25(2)19-12-7-9-16-8-3-4-10-17(16)19/h3-6,8,10-11,13,19H,7,9,12,14H2,1-2H3,(H,24,27)/t19-/m0/s1. The van der Waals surface area contributed by atoms with Gasteiger partial charge in [-0.25, -0.2) is 0 Å². The van der Waals surface area contributed by atoms with Crippen molar-refractivity contribution in [2.24, 2.45) is 0 Å². The quantitative estimate of drug-likeness (QED) is 0.662. The van der Waals surface area contributed by atoms with Crippen LogP contribution in [0, 0.1) is 0 Å². The van der Waals surface area contributed by atoms with Crippen molar-refractivity contribution in [1.29, 1.82) is 0 Å². The van der Waals surface area contributed by atoms with E-state index >= 15 is 0 Å². The number of fused-ring (bicyclic) bond motifs is 2. The van der Waals surface area contributed by atoms with Crippen molar-refractivity contribution in [3.63, 3.8) is 0 Å². The molecule has 1 atom stereocenters. The molecule has 0 saturated heterocycles. The SMILES string of the molecule is CC(=O)c1oc2ccccc2c1NC(=O)CN(C)[C@H]1CCCc2ccccc21. The fourth-order valence-corrected chi connectivity index (χ4v) is 4.12. The average Bonchev–Trinajstić information content (AvgIpc) is 3.06. The summed E-state index contributed by atoms with van der Waals surface area (Å²) >= 11 is 0. The number of nitrogens with one attached hydrogen (secondary N) is 1. The van der Waals surface area contributed by atoms with Crippen LogP contribution in [-0.4, -0.2) is 30.2 Å². The van der Waals surface area contributed by atoms with Crippen LogP contribution in [0.5, 0.6) is 0 Å². The van der Waals surface area contributed by atoms with E-state index < -0.39 is 0 Å². The second-order valence-corrected chi connectivity index (χ2v) is 7.43. The Morgan fingerprint density at radius 2 is 1.89 bits per heavy atom. The number of rotatable bonds is 5. The molecule has 28 heavy (non-hydrogen) atoms. The molecule has 0 fully saturated rings. The van der Waals surface area contributed by atoms with Gasteiger partial charge in [-0.2, -0.15) is 0 Å². The van der Waals surface area contributed by atoms with E-state index in [4.69, 9.17) is 4.42 Å². The molecule has 5 nitrogen and oxygen atoms in total. The third-order valence-corrected chi connectivity index (χ3v) is 5.44. The highest BCUT2D eigenvalue weighted by atomic mass is 16.3. The van der Waals surface area contributed by atoms with E-state index in [1.54, 1.807) is 6.07 Å². The van der Waals surface area contributed by atoms with Crippen LogP contribution >= 0.6 is 0 Å². The zero-order valence-electron chi connectivity index (χ0n) is 16.2. The molecule has 5 heteroatoms. The molecular formula is C23H24N2O3. The van der Waals surface area contributed by atoms with Gasteiger partial charge in [0.2, 0.25) is 5.91 Å². The number of anilines is 1. The summed E-state index contributed by atoms with van der Waals surface area (Å²) in [5, 5.41) is 3.66. The summed E-state index contributed by atoms with van der Waals surface area (Å²) < 4.78 is 5.65. The summed E-state index contributed by atoms with van der Waals surface area (Å²) in [5.41, 5.74) is 3.73. The van der Waals surface area contributed by atoms with Crippen LogP contribution in [0.25, 0.3) is 11.0 Å². The van der Waals surface area contributed by atoms with Crippen molar-refractivity contribution in [3.8, 4) is 0 Å². The van der Waals surface area contributed by atoms with E-state index in [1.807, 2.05) is 25.2 Å². The molecule has 1 heterocycles. The highest BCUT2D eigenvalue weighted by Crippen LogP contribution is 2.34. The Bertz CT molecular complexity index is 1040. The second-order valence-electron chi connectivity index (χ2n) is 7.43. The van der Waals surface area contributed by atoms with Gasteiger partial charge in [0.25, 0.3) is 0 Å². The number of carbonyl (C=O) groups excluding carboxylic acids is 2. The average molecular weight is 376 g/mol. The van der Waals surface area contributed by atoms with Crippen LogP contribution in [0.2, 0.25) is 0 Å². The zero-order valence-corrected chi connectivity index (χ0v) is 16.2. The molecule has 1 amide bonds. The van der Waals surface area contributed by atoms with Crippen LogP contribution in [-0.2, 0) is 11.2 Å². The van der Waals surface area contributed by atoms with Crippen LogP contribution in [0.15, 0.2) is 52.9 Å². The molecule has 1 aliphatic rings. The number of ketones is 1. The summed E-state index contributed by atoms with van der Waals surface area (Å²) in [5.74, 6) is -0.166. The summed E-state index contributed by atoms with van der Waals surface area (Å²) in [6, 6.07) is 16.0. The maximum atomic E-state index is 12.8. The van der Waals surface area contributed by atoms with Gasteiger partial charge >= 0.3 is 0 Å². The van der Waals surface area contributed by atoms with Gasteiger partial charge < -0.3 is 9.73 Å². The Morgan fingerprint density at radius 1 is 1.14 bits per heavy atom. The zero-order chi connectivity index (χ0) is 19.7. The minimum Gasteiger partial charge on any atom is -0.451 e. The predicted molar refractivity (Wildman–Crippen MR) is 110 cm³/mol. The number of hydrogen-bond acceptors (Lipinski definition) is 4. The van der Waals surface area contributed by atoms with E-state index in [9.17, 15) is 9.59 Å². The third kappa shape index (κ3) is 3.45. The minimum atomic E-state index is -0.207. The first-order chi connectivity index (χ1) is 13.5. The first-order valence-electron chi connectivity index (χ1n) is 9.65. The van der Waals surface area contributed by atoms with Crippen molar-refractivity contribution < 1.29 is 14.0 Å². The number of benzene rings is 2. The molecule has 4 rings (SSSR count). The van der Waals surface area contributed by atoms with E-state index in [2.05, 4.69) is 34.5 Å². The molecule has 0 aliphatic heterocycles. The Morgan fingerprint density at radius 3 is 2.71 bits per heavy atom. The number of likely N-dealkylation sites (N-methyl/N-ethyl adjacent to an activating group) is 1. The topological polar surface area (TPSA) is 62.6 Å². The van der Waals surface area contributed by atoms with Gasteiger partial charge in [0.1, 0.15) is 5.58 Å². The fourth-order valence-electron chi connectivity index (χ4n) is 4.12. The molecule has 0 saturated carbocycles. The number of carbonyl (C=O) groups is 2. The molecule has 3 aromatic rings. The number of amides is 1. The van der Waals surface area contributed by atoms with Crippen molar-refractivity contribution in [2.45, 2.75) is 32.2 Å². The Balaban J connectivity index is 1.54. The Kier molecular flexibility index (Phi) is 5.01. The second kappa shape index (κ2) is 7.60.